The Morgan fingerprint density at radius 3 is 2.15 bits per heavy atom. The first-order valence-electron chi connectivity index (χ1n) is 5.37. The molecule has 1 aliphatic rings. The van der Waals surface area contributed by atoms with E-state index in [1.165, 1.54) is 18.4 Å². The SMILES string of the molecule is CC.CC.c1cncc(C2CC2)c1. The van der Waals surface area contributed by atoms with Crippen LogP contribution in [0.5, 0.6) is 0 Å². The largest absolute Gasteiger partial charge is 0.264 e. The summed E-state index contributed by atoms with van der Waals surface area (Å²) in [6.07, 6.45) is 6.53. The van der Waals surface area contributed by atoms with Crippen LogP contribution in [0, 0.1) is 0 Å². The summed E-state index contributed by atoms with van der Waals surface area (Å²) in [5, 5.41) is 0. The molecule has 0 bridgehead atoms. The van der Waals surface area contributed by atoms with Gasteiger partial charge in [-0.1, -0.05) is 33.8 Å². The predicted molar refractivity (Wildman–Crippen MR) is 58.9 cm³/mol. The van der Waals surface area contributed by atoms with Crippen molar-refractivity contribution in [3.63, 3.8) is 0 Å². The molecule has 0 aromatic carbocycles. The van der Waals surface area contributed by atoms with Gasteiger partial charge < -0.3 is 0 Å². The number of hydrogen-bond acceptors (Lipinski definition) is 1. The van der Waals surface area contributed by atoms with E-state index in [0.717, 1.165) is 5.92 Å². The topological polar surface area (TPSA) is 12.9 Å². The number of hydrogen-bond donors (Lipinski definition) is 0. The molecule has 1 aromatic heterocycles. The van der Waals surface area contributed by atoms with Gasteiger partial charge >= 0.3 is 0 Å². The van der Waals surface area contributed by atoms with Crippen molar-refractivity contribution >= 4 is 0 Å². The van der Waals surface area contributed by atoms with Gasteiger partial charge in [0.25, 0.3) is 0 Å². The zero-order valence-corrected chi connectivity index (χ0v) is 9.25. The minimum atomic E-state index is 0.846. The third-order valence-electron chi connectivity index (χ3n) is 1.73. The molecule has 0 amide bonds. The second-order valence-electron chi connectivity index (χ2n) is 2.56. The fourth-order valence-electron chi connectivity index (χ4n) is 1.03. The van der Waals surface area contributed by atoms with Gasteiger partial charge in [0.1, 0.15) is 0 Å². The molecular formula is C12H21N. The van der Waals surface area contributed by atoms with Gasteiger partial charge in [-0.15, -0.1) is 0 Å². The van der Waals surface area contributed by atoms with Crippen molar-refractivity contribution in [1.82, 2.24) is 4.98 Å². The Balaban J connectivity index is 0.000000322. The van der Waals surface area contributed by atoms with Gasteiger partial charge in [0.05, 0.1) is 0 Å². The lowest BCUT2D eigenvalue weighted by Gasteiger charge is -1.91. The highest BCUT2D eigenvalue weighted by molar-refractivity contribution is 5.18. The zero-order valence-electron chi connectivity index (χ0n) is 9.25. The molecule has 13 heavy (non-hydrogen) atoms. The van der Waals surface area contributed by atoms with Crippen molar-refractivity contribution in [2.45, 2.75) is 46.5 Å². The normalized spacial score (nSPS) is 13.2. The second kappa shape index (κ2) is 7.78. The average Bonchev–Trinajstić information content (AvgIpc) is 3.09. The van der Waals surface area contributed by atoms with Gasteiger partial charge in [-0.05, 0) is 30.4 Å². The first-order chi connectivity index (χ1) is 6.47. The third kappa shape index (κ3) is 4.66. The van der Waals surface area contributed by atoms with Crippen LogP contribution in [0.25, 0.3) is 0 Å². The fourth-order valence-corrected chi connectivity index (χ4v) is 1.03. The van der Waals surface area contributed by atoms with Gasteiger partial charge in [0.2, 0.25) is 0 Å². The molecule has 0 N–H and O–H groups in total. The average molecular weight is 179 g/mol. The van der Waals surface area contributed by atoms with E-state index in [1.54, 1.807) is 0 Å². The summed E-state index contributed by atoms with van der Waals surface area (Å²) in [6.45, 7) is 8.00. The minimum absolute atomic E-state index is 0.846. The first-order valence-corrected chi connectivity index (χ1v) is 5.37. The number of nitrogens with zero attached hydrogens (tertiary/aromatic N) is 1. The molecule has 0 unspecified atom stereocenters. The van der Waals surface area contributed by atoms with Crippen molar-refractivity contribution in [1.29, 1.82) is 0 Å². The van der Waals surface area contributed by atoms with E-state index in [1.807, 2.05) is 46.2 Å². The smallest absolute Gasteiger partial charge is 0.0302 e. The lowest BCUT2D eigenvalue weighted by atomic mass is 10.2. The molecule has 1 fully saturated rings. The van der Waals surface area contributed by atoms with Crippen molar-refractivity contribution < 1.29 is 0 Å². The number of aromatic nitrogens is 1. The lowest BCUT2D eigenvalue weighted by Crippen LogP contribution is -1.77. The van der Waals surface area contributed by atoms with Gasteiger partial charge in [-0.3, -0.25) is 4.98 Å². The van der Waals surface area contributed by atoms with Crippen LogP contribution in [0.1, 0.15) is 52.0 Å². The van der Waals surface area contributed by atoms with Crippen LogP contribution in [-0.2, 0) is 0 Å². The van der Waals surface area contributed by atoms with Crippen LogP contribution in [0.2, 0.25) is 0 Å². The van der Waals surface area contributed by atoms with E-state index in [-0.39, 0.29) is 0 Å². The molecule has 74 valence electrons. The maximum Gasteiger partial charge on any atom is 0.0302 e. The van der Waals surface area contributed by atoms with Crippen LogP contribution in [-0.4, -0.2) is 4.98 Å². The summed E-state index contributed by atoms with van der Waals surface area (Å²) in [5.74, 6) is 0.846. The standard InChI is InChI=1S/C8H9N.2C2H6/c1-2-8(6-9-5-1)7-3-4-7;2*1-2/h1-2,5-7H,3-4H2;2*1-2H3. The van der Waals surface area contributed by atoms with Crippen molar-refractivity contribution in [3.05, 3.63) is 30.1 Å². The van der Waals surface area contributed by atoms with Crippen molar-refractivity contribution in [2.24, 2.45) is 0 Å². The highest BCUT2D eigenvalue weighted by Crippen LogP contribution is 2.39. The van der Waals surface area contributed by atoms with Crippen LogP contribution >= 0.6 is 0 Å². The van der Waals surface area contributed by atoms with Crippen molar-refractivity contribution in [3.8, 4) is 0 Å². The summed E-state index contributed by atoms with van der Waals surface area (Å²) in [6, 6.07) is 4.16. The number of rotatable bonds is 1. The van der Waals surface area contributed by atoms with Gasteiger partial charge in [0.15, 0.2) is 0 Å². The molecule has 1 heteroatoms. The molecule has 0 atom stereocenters. The van der Waals surface area contributed by atoms with Gasteiger partial charge in [-0.2, -0.15) is 0 Å². The highest BCUT2D eigenvalue weighted by atomic mass is 14.6. The summed E-state index contributed by atoms with van der Waals surface area (Å²) < 4.78 is 0. The monoisotopic (exact) mass is 179 g/mol. The van der Waals surface area contributed by atoms with Crippen LogP contribution in [0.4, 0.5) is 0 Å². The Bertz CT molecular complexity index is 190. The van der Waals surface area contributed by atoms with Crippen LogP contribution in [0.15, 0.2) is 24.5 Å². The summed E-state index contributed by atoms with van der Waals surface area (Å²) in [7, 11) is 0. The molecule has 1 heterocycles. The van der Waals surface area contributed by atoms with E-state index in [4.69, 9.17) is 0 Å². The summed E-state index contributed by atoms with van der Waals surface area (Å²) in [5.41, 5.74) is 1.41. The van der Waals surface area contributed by atoms with Gasteiger partial charge in [0, 0.05) is 12.4 Å². The second-order valence-corrected chi connectivity index (χ2v) is 2.56. The molecule has 0 spiro atoms. The van der Waals surface area contributed by atoms with E-state index in [9.17, 15) is 0 Å². The predicted octanol–water partition coefficient (Wildman–Crippen LogP) is 4.01. The highest BCUT2D eigenvalue weighted by Gasteiger charge is 2.22. The van der Waals surface area contributed by atoms with E-state index in [0.29, 0.717) is 0 Å². The molecule has 1 aromatic rings. The Hall–Kier alpha value is -0.850. The zero-order chi connectivity index (χ0) is 10.1. The van der Waals surface area contributed by atoms with E-state index >= 15 is 0 Å². The Morgan fingerprint density at radius 2 is 1.77 bits per heavy atom. The molecule has 0 saturated heterocycles. The van der Waals surface area contributed by atoms with Crippen LogP contribution < -0.4 is 0 Å². The van der Waals surface area contributed by atoms with E-state index in [2.05, 4.69) is 11.1 Å². The van der Waals surface area contributed by atoms with Gasteiger partial charge in [-0.25, -0.2) is 0 Å². The maximum atomic E-state index is 4.05. The molecule has 1 saturated carbocycles. The molecule has 0 radical (unpaired) electrons. The molecule has 2 rings (SSSR count). The Morgan fingerprint density at radius 1 is 1.15 bits per heavy atom. The maximum absolute atomic E-state index is 4.05. The Labute approximate surface area is 82.2 Å². The summed E-state index contributed by atoms with van der Waals surface area (Å²) >= 11 is 0. The molecular weight excluding hydrogens is 158 g/mol. The minimum Gasteiger partial charge on any atom is -0.264 e. The molecule has 1 aliphatic carbocycles. The van der Waals surface area contributed by atoms with Crippen molar-refractivity contribution in [2.75, 3.05) is 0 Å². The van der Waals surface area contributed by atoms with E-state index < -0.39 is 0 Å². The third-order valence-corrected chi connectivity index (χ3v) is 1.73. The summed E-state index contributed by atoms with van der Waals surface area (Å²) in [4.78, 5) is 4.05. The van der Waals surface area contributed by atoms with Crippen LogP contribution in [0.3, 0.4) is 0 Å². The lowest BCUT2D eigenvalue weighted by molar-refractivity contribution is 1.09. The fraction of sp³-hybridized carbons (Fsp3) is 0.583. The quantitative estimate of drug-likeness (QED) is 0.634. The number of pyridine rings is 1. The first kappa shape index (κ1) is 12.2. The molecule has 0 aliphatic heterocycles. The Kier molecular flexibility index (Phi) is 7.27. The molecule has 1 nitrogen and oxygen atoms in total.